The van der Waals surface area contributed by atoms with E-state index >= 15 is 0 Å². The molecule has 2 N–H and O–H groups in total. The number of pyridine rings is 1. The third kappa shape index (κ3) is 3.47. The standard InChI is InChI=1S/C22H28N6/c1-15-12-17(6-5-11-24-14-27(15)3)25-21-10-8-18-19-13-16(23-2)7-9-20(19)28(4)22(18)26-21/h5-6,8,10-12,14,16,23H,7,9,13H2,1-4H3,(H,25,26). The van der Waals surface area contributed by atoms with E-state index < -0.39 is 0 Å². The number of nitrogens with one attached hydrogen (secondary N) is 2. The average Bonchev–Trinajstić information content (AvgIpc) is 3.01. The van der Waals surface area contributed by atoms with Crippen molar-refractivity contribution in [3.8, 4) is 0 Å². The third-order valence-corrected chi connectivity index (χ3v) is 5.74. The predicted molar refractivity (Wildman–Crippen MR) is 114 cm³/mol. The fraction of sp³-hybridized carbons (Fsp3) is 0.364. The first-order valence-corrected chi connectivity index (χ1v) is 9.79. The Labute approximate surface area is 166 Å². The molecule has 1 aliphatic rings. The summed E-state index contributed by atoms with van der Waals surface area (Å²) >= 11 is 0. The van der Waals surface area contributed by atoms with E-state index in [4.69, 9.17) is 4.98 Å². The fourth-order valence-electron chi connectivity index (χ4n) is 3.97. The first-order valence-electron chi connectivity index (χ1n) is 9.79. The molecule has 1 atom stereocenters. The van der Waals surface area contributed by atoms with Crippen molar-refractivity contribution in [2.45, 2.75) is 32.2 Å². The number of nitrogens with zero attached hydrogens (tertiary/aromatic N) is 4. The van der Waals surface area contributed by atoms with E-state index in [0.717, 1.165) is 35.7 Å². The molecule has 146 valence electrons. The van der Waals surface area contributed by atoms with Crippen molar-refractivity contribution in [1.29, 1.82) is 0 Å². The molecule has 3 heterocycles. The van der Waals surface area contributed by atoms with Gasteiger partial charge in [0.05, 0.1) is 6.33 Å². The van der Waals surface area contributed by atoms with Gasteiger partial charge in [-0.05, 0) is 69.1 Å². The summed E-state index contributed by atoms with van der Waals surface area (Å²) in [6, 6.07) is 10.9. The Morgan fingerprint density at radius 1 is 1.18 bits per heavy atom. The van der Waals surface area contributed by atoms with Crippen LogP contribution >= 0.6 is 0 Å². The number of aryl methyl sites for hydroxylation is 3. The monoisotopic (exact) mass is 376 g/mol. The lowest BCUT2D eigenvalue weighted by Gasteiger charge is -2.22. The molecule has 0 aromatic carbocycles. The molecule has 0 radical (unpaired) electrons. The van der Waals surface area contributed by atoms with E-state index in [1.807, 2.05) is 23.7 Å². The lowest BCUT2D eigenvalue weighted by molar-refractivity contribution is 0.488. The molecule has 1 unspecified atom stereocenters. The van der Waals surface area contributed by atoms with Crippen LogP contribution in [0.1, 0.15) is 23.4 Å². The first-order chi connectivity index (χ1) is 13.6. The lowest BCUT2D eigenvalue weighted by Crippen LogP contribution is -2.31. The highest BCUT2D eigenvalue weighted by Crippen LogP contribution is 2.31. The van der Waals surface area contributed by atoms with E-state index in [0.29, 0.717) is 6.04 Å². The summed E-state index contributed by atoms with van der Waals surface area (Å²) in [5.41, 5.74) is 5.99. The van der Waals surface area contributed by atoms with Crippen molar-refractivity contribution in [1.82, 2.24) is 24.4 Å². The van der Waals surface area contributed by atoms with Gasteiger partial charge in [-0.2, -0.15) is 0 Å². The second-order valence-corrected chi connectivity index (χ2v) is 7.53. The van der Waals surface area contributed by atoms with Gasteiger partial charge in [-0.15, -0.1) is 0 Å². The van der Waals surface area contributed by atoms with Crippen LogP contribution in [-0.4, -0.2) is 32.2 Å². The average molecular weight is 377 g/mol. The minimum absolute atomic E-state index is 0.555. The van der Waals surface area contributed by atoms with Gasteiger partial charge >= 0.3 is 0 Å². The van der Waals surface area contributed by atoms with Crippen LogP contribution in [0, 0.1) is 6.92 Å². The molecule has 0 fully saturated rings. The van der Waals surface area contributed by atoms with Crippen molar-refractivity contribution in [3.63, 3.8) is 0 Å². The molecule has 0 saturated carbocycles. The second kappa shape index (κ2) is 7.64. The van der Waals surface area contributed by atoms with Gasteiger partial charge < -0.3 is 19.8 Å². The number of rotatable bonds is 3. The van der Waals surface area contributed by atoms with Crippen LogP contribution in [0.4, 0.5) is 11.5 Å². The summed E-state index contributed by atoms with van der Waals surface area (Å²) in [6.45, 7) is 2.06. The van der Waals surface area contributed by atoms with Gasteiger partial charge in [-0.25, -0.2) is 9.97 Å². The Hall–Kier alpha value is -2.86. The summed E-state index contributed by atoms with van der Waals surface area (Å²) < 4.78 is 4.26. The van der Waals surface area contributed by atoms with Gasteiger partial charge in [-0.3, -0.25) is 0 Å². The molecule has 1 aliphatic carbocycles. The van der Waals surface area contributed by atoms with Crippen molar-refractivity contribution in [2.24, 2.45) is 14.1 Å². The molecule has 3 aromatic rings. The number of aromatic nitrogens is 4. The maximum Gasteiger partial charge on any atom is 0.142 e. The van der Waals surface area contributed by atoms with Crippen molar-refractivity contribution < 1.29 is 0 Å². The lowest BCUT2D eigenvalue weighted by atomic mass is 9.92. The number of anilines is 2. The molecule has 0 aliphatic heterocycles. The van der Waals surface area contributed by atoms with Crippen LogP contribution in [0.15, 0.2) is 42.9 Å². The Morgan fingerprint density at radius 2 is 2.04 bits per heavy atom. The highest BCUT2D eigenvalue weighted by Gasteiger charge is 2.24. The summed E-state index contributed by atoms with van der Waals surface area (Å²) in [5.74, 6) is 0.849. The van der Waals surface area contributed by atoms with Crippen molar-refractivity contribution in [2.75, 3.05) is 12.4 Å². The topological polar surface area (TPSA) is 59.7 Å². The minimum Gasteiger partial charge on any atom is -0.340 e. The molecule has 28 heavy (non-hydrogen) atoms. The second-order valence-electron chi connectivity index (χ2n) is 7.53. The van der Waals surface area contributed by atoms with Crippen molar-refractivity contribution in [3.05, 3.63) is 59.8 Å². The summed E-state index contributed by atoms with van der Waals surface area (Å²) in [5, 5.41) is 8.16. The van der Waals surface area contributed by atoms with Gasteiger partial charge in [0, 0.05) is 48.8 Å². The molecule has 0 bridgehead atoms. The molecule has 6 nitrogen and oxygen atoms in total. The minimum atomic E-state index is 0.555. The molecule has 4 rings (SSSR count). The van der Waals surface area contributed by atoms with Crippen LogP contribution < -0.4 is 10.6 Å². The summed E-state index contributed by atoms with van der Waals surface area (Å²) in [4.78, 5) is 9.19. The SMILES string of the molecule is CNC1CCc2c(c3ccc(Nc4cccncn(C)c(C)c4)nc3n2C)C1. The molecule has 0 spiro atoms. The summed E-state index contributed by atoms with van der Waals surface area (Å²) in [7, 11) is 6.18. The van der Waals surface area contributed by atoms with Crippen LogP contribution in [-0.2, 0) is 26.9 Å². The molecule has 3 aromatic heterocycles. The largest absolute Gasteiger partial charge is 0.340 e. The quantitative estimate of drug-likeness (QED) is 0.734. The van der Waals surface area contributed by atoms with Crippen LogP contribution in [0.25, 0.3) is 11.0 Å². The zero-order valence-corrected chi connectivity index (χ0v) is 17.0. The van der Waals surface area contributed by atoms with Gasteiger partial charge in [0.1, 0.15) is 11.5 Å². The highest BCUT2D eigenvalue weighted by molar-refractivity contribution is 5.84. The molecule has 0 amide bonds. The predicted octanol–water partition coefficient (Wildman–Crippen LogP) is 3.56. The normalized spacial score (nSPS) is 15.9. The van der Waals surface area contributed by atoms with Gasteiger partial charge in [0.15, 0.2) is 0 Å². The highest BCUT2D eigenvalue weighted by atomic mass is 15.1. The van der Waals surface area contributed by atoms with E-state index in [1.54, 1.807) is 12.5 Å². The zero-order chi connectivity index (χ0) is 19.7. The number of likely N-dealkylation sites (N-methyl/N-ethyl adjacent to an activating group) is 1. The number of hydrogen-bond acceptors (Lipinski definition) is 4. The fourth-order valence-corrected chi connectivity index (χ4v) is 3.97. The molecular formula is C22H28N6. The maximum atomic E-state index is 4.94. The van der Waals surface area contributed by atoms with Gasteiger partial charge in [0.25, 0.3) is 0 Å². The molecule has 0 saturated heterocycles. The molecular weight excluding hydrogens is 348 g/mol. The smallest absolute Gasteiger partial charge is 0.142 e. The van der Waals surface area contributed by atoms with E-state index in [1.165, 1.54) is 23.1 Å². The Balaban J connectivity index is 1.73. The number of hydrogen-bond donors (Lipinski definition) is 2. The van der Waals surface area contributed by atoms with Crippen LogP contribution in [0.2, 0.25) is 0 Å². The Bertz CT molecular complexity index is 1060. The van der Waals surface area contributed by atoms with Gasteiger partial charge in [0.2, 0.25) is 0 Å². The van der Waals surface area contributed by atoms with E-state index in [9.17, 15) is 0 Å². The maximum absolute atomic E-state index is 4.94. The Morgan fingerprint density at radius 3 is 2.86 bits per heavy atom. The van der Waals surface area contributed by atoms with Gasteiger partial charge in [-0.1, -0.05) is 0 Å². The Kier molecular flexibility index (Phi) is 5.05. The third-order valence-electron chi connectivity index (χ3n) is 5.74. The van der Waals surface area contributed by atoms with E-state index in [-0.39, 0.29) is 0 Å². The first kappa shape index (κ1) is 18.5. The zero-order valence-electron chi connectivity index (χ0n) is 17.0. The van der Waals surface area contributed by atoms with Crippen LogP contribution in [0.3, 0.4) is 0 Å². The molecule has 6 heteroatoms. The van der Waals surface area contributed by atoms with Crippen molar-refractivity contribution >= 4 is 22.5 Å². The summed E-state index contributed by atoms with van der Waals surface area (Å²) in [6.07, 6.45) is 6.93. The number of fused-ring (bicyclic) bond motifs is 3. The van der Waals surface area contributed by atoms with E-state index in [2.05, 4.69) is 59.4 Å². The van der Waals surface area contributed by atoms with Crippen LogP contribution in [0.5, 0.6) is 0 Å².